The molecule has 1 aromatic heterocycles. The van der Waals surface area contributed by atoms with E-state index in [0.717, 1.165) is 12.8 Å². The fraction of sp³-hybridized carbons (Fsp3) is 0.444. The molecule has 1 heterocycles. The van der Waals surface area contributed by atoms with Crippen LogP contribution in [0, 0.1) is 0 Å². The number of aromatic carboxylic acids is 1. The highest BCUT2D eigenvalue weighted by molar-refractivity contribution is 5.84. The van der Waals surface area contributed by atoms with Crippen LogP contribution in [-0.4, -0.2) is 38.5 Å². The largest absolute Gasteiger partial charge is 0.476 e. The summed E-state index contributed by atoms with van der Waals surface area (Å²) in [5.74, 6) is -1.07. The van der Waals surface area contributed by atoms with E-state index in [4.69, 9.17) is 5.11 Å². The maximum absolute atomic E-state index is 12.1. The van der Waals surface area contributed by atoms with E-state index in [1.165, 1.54) is 22.0 Å². The highest BCUT2D eigenvalue weighted by Gasteiger charge is 2.32. The summed E-state index contributed by atoms with van der Waals surface area (Å²) in [6.45, 7) is 5.03. The van der Waals surface area contributed by atoms with E-state index in [1.807, 2.05) is 6.07 Å². The molecule has 0 spiro atoms. The summed E-state index contributed by atoms with van der Waals surface area (Å²) >= 11 is 0. The van der Waals surface area contributed by atoms with E-state index >= 15 is 0 Å². The lowest BCUT2D eigenvalue weighted by atomic mass is 9.69. The quantitative estimate of drug-likeness (QED) is 0.865. The van der Waals surface area contributed by atoms with Crippen LogP contribution in [0.1, 0.15) is 54.2 Å². The summed E-state index contributed by atoms with van der Waals surface area (Å²) < 4.78 is 1.23. The highest BCUT2D eigenvalue weighted by atomic mass is 16.4. The number of benzene rings is 1. The molecule has 0 aliphatic heterocycles. The Morgan fingerprint density at radius 3 is 2.84 bits per heavy atom. The third-order valence-electron chi connectivity index (χ3n) is 4.86. The standard InChI is InChI=1S/C18H22N4O3/c1-18(2)8-7-12(13-5-3-4-6-14(13)18)9-19-16(23)11-22-10-15(17(24)25)20-21-22/h3-6,10,12H,7-9,11H2,1-2H3,(H,19,23)(H,24,25). The molecule has 7 nitrogen and oxygen atoms in total. The minimum absolute atomic E-state index is 0.0415. The molecular weight excluding hydrogens is 320 g/mol. The molecule has 1 unspecified atom stereocenters. The van der Waals surface area contributed by atoms with Gasteiger partial charge in [-0.3, -0.25) is 4.79 Å². The van der Waals surface area contributed by atoms with Crippen LogP contribution in [0.3, 0.4) is 0 Å². The number of aromatic nitrogens is 3. The van der Waals surface area contributed by atoms with Gasteiger partial charge in [0.25, 0.3) is 0 Å². The third-order valence-corrected chi connectivity index (χ3v) is 4.86. The number of carboxylic acids is 1. The van der Waals surface area contributed by atoms with Crippen molar-refractivity contribution in [2.75, 3.05) is 6.54 Å². The second-order valence-electron chi connectivity index (χ2n) is 7.12. The Bertz CT molecular complexity index is 797. The fourth-order valence-electron chi connectivity index (χ4n) is 3.42. The Labute approximate surface area is 146 Å². The smallest absolute Gasteiger partial charge is 0.358 e. The molecule has 25 heavy (non-hydrogen) atoms. The molecule has 7 heteroatoms. The van der Waals surface area contributed by atoms with Gasteiger partial charge in [0.15, 0.2) is 5.69 Å². The van der Waals surface area contributed by atoms with Gasteiger partial charge >= 0.3 is 5.97 Å². The summed E-state index contributed by atoms with van der Waals surface area (Å²) in [5.41, 5.74) is 2.64. The van der Waals surface area contributed by atoms with Crippen LogP contribution in [0.2, 0.25) is 0 Å². The van der Waals surface area contributed by atoms with Crippen molar-refractivity contribution in [1.82, 2.24) is 20.3 Å². The number of rotatable bonds is 5. The van der Waals surface area contributed by atoms with Gasteiger partial charge in [0.1, 0.15) is 6.54 Å². The lowest BCUT2D eigenvalue weighted by Crippen LogP contribution is -2.35. The number of hydrogen-bond acceptors (Lipinski definition) is 4. The Hall–Kier alpha value is -2.70. The Morgan fingerprint density at radius 1 is 1.36 bits per heavy atom. The SMILES string of the molecule is CC1(C)CCC(CNC(=O)Cn2cc(C(=O)O)nn2)c2ccccc21. The van der Waals surface area contributed by atoms with Gasteiger partial charge < -0.3 is 10.4 Å². The molecule has 1 amide bonds. The average molecular weight is 342 g/mol. The minimum atomic E-state index is -1.16. The lowest BCUT2D eigenvalue weighted by molar-refractivity contribution is -0.121. The summed E-state index contributed by atoms with van der Waals surface area (Å²) in [4.78, 5) is 22.9. The van der Waals surface area contributed by atoms with Gasteiger partial charge in [0.05, 0.1) is 6.20 Å². The zero-order valence-corrected chi connectivity index (χ0v) is 14.4. The number of carbonyl (C=O) groups is 2. The molecule has 0 saturated heterocycles. The van der Waals surface area contributed by atoms with E-state index in [-0.39, 0.29) is 23.6 Å². The van der Waals surface area contributed by atoms with Gasteiger partial charge in [-0.05, 0) is 29.4 Å². The average Bonchev–Trinajstić information content (AvgIpc) is 3.03. The van der Waals surface area contributed by atoms with Crippen LogP contribution in [0.5, 0.6) is 0 Å². The molecular formula is C18H22N4O3. The molecule has 2 aromatic rings. The Kier molecular flexibility index (Phi) is 4.57. The van der Waals surface area contributed by atoms with Crippen molar-refractivity contribution in [1.29, 1.82) is 0 Å². The summed E-state index contributed by atoms with van der Waals surface area (Å²) in [5, 5.41) is 18.9. The van der Waals surface area contributed by atoms with Crippen molar-refractivity contribution in [3.05, 3.63) is 47.3 Å². The first-order chi connectivity index (χ1) is 11.9. The zero-order valence-electron chi connectivity index (χ0n) is 14.4. The van der Waals surface area contributed by atoms with Crippen molar-refractivity contribution in [2.45, 2.75) is 44.6 Å². The van der Waals surface area contributed by atoms with Gasteiger partial charge in [-0.25, -0.2) is 9.48 Å². The van der Waals surface area contributed by atoms with Crippen LogP contribution in [0.25, 0.3) is 0 Å². The lowest BCUT2D eigenvalue weighted by Gasteiger charge is -2.37. The van der Waals surface area contributed by atoms with Crippen molar-refractivity contribution in [3.63, 3.8) is 0 Å². The van der Waals surface area contributed by atoms with Crippen LogP contribution in [0.4, 0.5) is 0 Å². The minimum Gasteiger partial charge on any atom is -0.476 e. The van der Waals surface area contributed by atoms with E-state index in [0.29, 0.717) is 12.5 Å². The molecule has 1 aliphatic rings. The molecule has 0 bridgehead atoms. The third kappa shape index (κ3) is 3.70. The maximum atomic E-state index is 12.1. The molecule has 132 valence electrons. The van der Waals surface area contributed by atoms with Crippen molar-refractivity contribution in [3.8, 4) is 0 Å². The fourth-order valence-corrected chi connectivity index (χ4v) is 3.42. The first-order valence-electron chi connectivity index (χ1n) is 8.36. The van der Waals surface area contributed by atoms with Crippen LogP contribution in [-0.2, 0) is 16.8 Å². The number of carbonyl (C=O) groups excluding carboxylic acids is 1. The molecule has 0 radical (unpaired) electrons. The Balaban J connectivity index is 1.61. The number of nitrogens with one attached hydrogen (secondary N) is 1. The molecule has 1 aromatic carbocycles. The molecule has 2 N–H and O–H groups in total. The molecule has 0 saturated carbocycles. The van der Waals surface area contributed by atoms with Gasteiger partial charge in [0, 0.05) is 12.5 Å². The number of amides is 1. The molecule has 0 fully saturated rings. The molecule has 1 aliphatic carbocycles. The van der Waals surface area contributed by atoms with Crippen LogP contribution < -0.4 is 5.32 Å². The number of hydrogen-bond donors (Lipinski definition) is 2. The van der Waals surface area contributed by atoms with Crippen LogP contribution >= 0.6 is 0 Å². The normalized spacial score (nSPS) is 18.4. The number of carboxylic acid groups (broad SMARTS) is 1. The number of fused-ring (bicyclic) bond motifs is 1. The van der Waals surface area contributed by atoms with Gasteiger partial charge in [-0.2, -0.15) is 0 Å². The Morgan fingerprint density at radius 2 is 2.12 bits per heavy atom. The summed E-state index contributed by atoms with van der Waals surface area (Å²) in [7, 11) is 0. The van der Waals surface area contributed by atoms with Gasteiger partial charge in [-0.1, -0.05) is 43.3 Å². The highest BCUT2D eigenvalue weighted by Crippen LogP contribution is 2.42. The summed E-state index contributed by atoms with van der Waals surface area (Å²) in [6, 6.07) is 8.42. The molecule has 3 rings (SSSR count). The van der Waals surface area contributed by atoms with E-state index in [2.05, 4.69) is 47.7 Å². The second kappa shape index (κ2) is 6.66. The second-order valence-corrected chi connectivity index (χ2v) is 7.12. The van der Waals surface area contributed by atoms with Crippen LogP contribution in [0.15, 0.2) is 30.5 Å². The van der Waals surface area contributed by atoms with Gasteiger partial charge in [0.2, 0.25) is 5.91 Å². The van der Waals surface area contributed by atoms with E-state index < -0.39 is 5.97 Å². The zero-order chi connectivity index (χ0) is 18.0. The topological polar surface area (TPSA) is 97.1 Å². The first-order valence-corrected chi connectivity index (χ1v) is 8.36. The predicted molar refractivity (Wildman–Crippen MR) is 91.4 cm³/mol. The van der Waals surface area contributed by atoms with Gasteiger partial charge in [-0.15, -0.1) is 5.10 Å². The summed E-state index contributed by atoms with van der Waals surface area (Å²) in [6.07, 6.45) is 3.35. The van der Waals surface area contributed by atoms with Crippen molar-refractivity contribution in [2.24, 2.45) is 0 Å². The molecule has 1 atom stereocenters. The van der Waals surface area contributed by atoms with E-state index in [1.54, 1.807) is 0 Å². The predicted octanol–water partition coefficient (Wildman–Crippen LogP) is 1.95. The number of nitrogens with zero attached hydrogens (tertiary/aromatic N) is 3. The monoisotopic (exact) mass is 342 g/mol. The van der Waals surface area contributed by atoms with Crippen molar-refractivity contribution < 1.29 is 14.7 Å². The maximum Gasteiger partial charge on any atom is 0.358 e. The van der Waals surface area contributed by atoms with E-state index in [9.17, 15) is 9.59 Å². The van der Waals surface area contributed by atoms with Crippen molar-refractivity contribution >= 4 is 11.9 Å². The first kappa shape index (κ1) is 17.1.